The lowest BCUT2D eigenvalue weighted by Gasteiger charge is -2.41. The van der Waals surface area contributed by atoms with Gasteiger partial charge in [0.1, 0.15) is 0 Å². The SMILES string of the molecule is CCCCC(c1ccccc1)(c1ccccc1)C1C=CC=CC1. The average molecular weight is 302 g/mol. The molecule has 0 N–H and O–H groups in total. The molecule has 0 saturated carbocycles. The third-order valence-corrected chi connectivity index (χ3v) is 5.12. The van der Waals surface area contributed by atoms with Gasteiger partial charge in [-0.3, -0.25) is 0 Å². The predicted molar refractivity (Wildman–Crippen MR) is 99.6 cm³/mol. The van der Waals surface area contributed by atoms with E-state index in [-0.39, 0.29) is 5.41 Å². The minimum absolute atomic E-state index is 0.0692. The van der Waals surface area contributed by atoms with Crippen LogP contribution in [-0.4, -0.2) is 0 Å². The van der Waals surface area contributed by atoms with Crippen LogP contribution in [-0.2, 0) is 5.41 Å². The van der Waals surface area contributed by atoms with Crippen molar-refractivity contribution in [2.24, 2.45) is 5.92 Å². The lowest BCUT2D eigenvalue weighted by Crippen LogP contribution is -2.36. The van der Waals surface area contributed by atoms with Crippen LogP contribution in [0.5, 0.6) is 0 Å². The number of benzene rings is 2. The molecule has 0 heterocycles. The van der Waals surface area contributed by atoms with Crippen LogP contribution in [0.4, 0.5) is 0 Å². The second-order valence-corrected chi connectivity index (χ2v) is 6.46. The van der Waals surface area contributed by atoms with Crippen molar-refractivity contribution in [3.63, 3.8) is 0 Å². The van der Waals surface area contributed by atoms with Gasteiger partial charge in [0.05, 0.1) is 0 Å². The van der Waals surface area contributed by atoms with Crippen molar-refractivity contribution < 1.29 is 0 Å². The van der Waals surface area contributed by atoms with Crippen LogP contribution in [0.3, 0.4) is 0 Å². The molecule has 1 aliphatic rings. The fraction of sp³-hybridized carbons (Fsp3) is 0.304. The molecule has 1 unspecified atom stereocenters. The van der Waals surface area contributed by atoms with Crippen molar-refractivity contribution in [3.8, 4) is 0 Å². The van der Waals surface area contributed by atoms with E-state index in [1.807, 2.05) is 0 Å². The van der Waals surface area contributed by atoms with Crippen LogP contribution < -0.4 is 0 Å². The Hall–Kier alpha value is -2.08. The Bertz CT molecular complexity index is 609. The summed E-state index contributed by atoms with van der Waals surface area (Å²) < 4.78 is 0. The number of allylic oxidation sites excluding steroid dienone is 4. The summed E-state index contributed by atoms with van der Waals surface area (Å²) in [5, 5.41) is 0. The molecule has 1 atom stereocenters. The molecular weight excluding hydrogens is 276 g/mol. The highest BCUT2D eigenvalue weighted by Gasteiger charge is 2.39. The third-order valence-electron chi connectivity index (χ3n) is 5.12. The van der Waals surface area contributed by atoms with Gasteiger partial charge in [0.15, 0.2) is 0 Å². The van der Waals surface area contributed by atoms with Gasteiger partial charge in [-0.1, -0.05) is 105 Å². The van der Waals surface area contributed by atoms with E-state index in [9.17, 15) is 0 Å². The van der Waals surface area contributed by atoms with Gasteiger partial charge in [0, 0.05) is 5.41 Å². The van der Waals surface area contributed by atoms with Crippen LogP contribution in [0.25, 0.3) is 0 Å². The summed E-state index contributed by atoms with van der Waals surface area (Å²) in [5.74, 6) is 0.517. The van der Waals surface area contributed by atoms with Crippen LogP contribution in [0.1, 0.15) is 43.7 Å². The molecule has 2 aromatic carbocycles. The van der Waals surface area contributed by atoms with Gasteiger partial charge < -0.3 is 0 Å². The van der Waals surface area contributed by atoms with Gasteiger partial charge in [0.25, 0.3) is 0 Å². The molecule has 2 aromatic rings. The maximum Gasteiger partial charge on any atom is 0.0268 e. The first kappa shape index (κ1) is 15.8. The van der Waals surface area contributed by atoms with E-state index in [0.717, 1.165) is 6.42 Å². The van der Waals surface area contributed by atoms with E-state index >= 15 is 0 Å². The highest BCUT2D eigenvalue weighted by Crippen LogP contribution is 2.46. The van der Waals surface area contributed by atoms with Crippen molar-refractivity contribution in [2.75, 3.05) is 0 Å². The Morgan fingerprint density at radius 1 is 0.870 bits per heavy atom. The van der Waals surface area contributed by atoms with E-state index in [1.54, 1.807) is 0 Å². The molecule has 0 spiro atoms. The zero-order valence-electron chi connectivity index (χ0n) is 14.0. The highest BCUT2D eigenvalue weighted by molar-refractivity contribution is 5.42. The number of hydrogen-bond donors (Lipinski definition) is 0. The quantitative estimate of drug-likeness (QED) is 0.587. The first-order valence-electron chi connectivity index (χ1n) is 8.82. The predicted octanol–water partition coefficient (Wildman–Crippen LogP) is 6.30. The molecule has 0 fully saturated rings. The Labute approximate surface area is 140 Å². The zero-order chi connectivity index (χ0) is 16.0. The van der Waals surface area contributed by atoms with E-state index in [0.29, 0.717) is 5.92 Å². The fourth-order valence-corrected chi connectivity index (χ4v) is 3.94. The molecule has 0 radical (unpaired) electrons. The molecule has 0 amide bonds. The largest absolute Gasteiger partial charge is 0.0839 e. The van der Waals surface area contributed by atoms with E-state index in [1.165, 1.54) is 30.4 Å². The summed E-state index contributed by atoms with van der Waals surface area (Å²) in [6, 6.07) is 22.2. The first-order chi connectivity index (χ1) is 11.4. The molecule has 0 saturated heterocycles. The minimum atomic E-state index is 0.0692. The van der Waals surface area contributed by atoms with E-state index < -0.39 is 0 Å². The monoisotopic (exact) mass is 302 g/mol. The summed E-state index contributed by atoms with van der Waals surface area (Å²) >= 11 is 0. The molecule has 23 heavy (non-hydrogen) atoms. The molecule has 0 nitrogen and oxygen atoms in total. The van der Waals surface area contributed by atoms with Gasteiger partial charge in [-0.25, -0.2) is 0 Å². The van der Waals surface area contributed by atoms with Gasteiger partial charge in [-0.2, -0.15) is 0 Å². The average Bonchev–Trinajstić information content (AvgIpc) is 2.65. The highest BCUT2D eigenvalue weighted by atomic mass is 14.4. The van der Waals surface area contributed by atoms with Gasteiger partial charge in [-0.05, 0) is 29.9 Å². The number of unbranched alkanes of at least 4 members (excludes halogenated alkanes) is 1. The van der Waals surface area contributed by atoms with Crippen LogP contribution >= 0.6 is 0 Å². The molecular formula is C23H26. The van der Waals surface area contributed by atoms with Gasteiger partial charge in [-0.15, -0.1) is 0 Å². The summed E-state index contributed by atoms with van der Waals surface area (Å²) in [6.07, 6.45) is 13.9. The normalized spacial score (nSPS) is 17.3. The molecule has 118 valence electrons. The van der Waals surface area contributed by atoms with Crippen molar-refractivity contribution in [3.05, 3.63) is 96.1 Å². The minimum Gasteiger partial charge on any atom is -0.0839 e. The lowest BCUT2D eigenvalue weighted by molar-refractivity contribution is 0.344. The van der Waals surface area contributed by atoms with Crippen molar-refractivity contribution in [1.29, 1.82) is 0 Å². The summed E-state index contributed by atoms with van der Waals surface area (Å²) in [5.41, 5.74) is 2.97. The standard InChI is InChI=1S/C23H26/c1-2-3-19-23(20-13-7-4-8-14-20,21-15-9-5-10-16-21)22-17-11-6-12-18-22/h4-17,22H,2-3,18-19H2,1H3. The second kappa shape index (κ2) is 7.46. The zero-order valence-corrected chi connectivity index (χ0v) is 14.0. The van der Waals surface area contributed by atoms with Crippen LogP contribution in [0, 0.1) is 5.92 Å². The second-order valence-electron chi connectivity index (χ2n) is 6.46. The third kappa shape index (κ3) is 3.17. The van der Waals surface area contributed by atoms with Crippen molar-refractivity contribution in [2.45, 2.75) is 38.0 Å². The maximum absolute atomic E-state index is 2.41. The Morgan fingerprint density at radius 2 is 1.48 bits per heavy atom. The topological polar surface area (TPSA) is 0 Å². The molecule has 3 rings (SSSR count). The smallest absolute Gasteiger partial charge is 0.0268 e. The molecule has 0 bridgehead atoms. The lowest BCUT2D eigenvalue weighted by atomic mass is 9.61. The maximum atomic E-state index is 2.41. The Kier molecular flexibility index (Phi) is 5.12. The van der Waals surface area contributed by atoms with E-state index in [2.05, 4.69) is 91.9 Å². The van der Waals surface area contributed by atoms with Gasteiger partial charge >= 0.3 is 0 Å². The Balaban J connectivity index is 2.16. The van der Waals surface area contributed by atoms with E-state index in [4.69, 9.17) is 0 Å². The summed E-state index contributed by atoms with van der Waals surface area (Å²) in [4.78, 5) is 0. The molecule has 0 heteroatoms. The molecule has 1 aliphatic carbocycles. The molecule has 0 aromatic heterocycles. The first-order valence-corrected chi connectivity index (χ1v) is 8.82. The Morgan fingerprint density at radius 3 is 1.96 bits per heavy atom. The van der Waals surface area contributed by atoms with Crippen LogP contribution in [0.2, 0.25) is 0 Å². The summed E-state index contributed by atoms with van der Waals surface area (Å²) in [6.45, 7) is 2.29. The molecule has 0 aliphatic heterocycles. The number of rotatable bonds is 6. The van der Waals surface area contributed by atoms with Crippen molar-refractivity contribution in [1.82, 2.24) is 0 Å². The fourth-order valence-electron chi connectivity index (χ4n) is 3.94. The van der Waals surface area contributed by atoms with Crippen LogP contribution in [0.15, 0.2) is 85.0 Å². The summed E-state index contributed by atoms with van der Waals surface area (Å²) in [7, 11) is 0. The van der Waals surface area contributed by atoms with Gasteiger partial charge in [0.2, 0.25) is 0 Å². The van der Waals surface area contributed by atoms with Crippen molar-refractivity contribution >= 4 is 0 Å². The number of hydrogen-bond acceptors (Lipinski definition) is 0.